The molecule has 1 aromatic rings. The van der Waals surface area contributed by atoms with E-state index in [4.69, 9.17) is 23.7 Å². The van der Waals surface area contributed by atoms with Crippen molar-refractivity contribution in [3.8, 4) is 17.2 Å². The summed E-state index contributed by atoms with van der Waals surface area (Å²) < 4.78 is 25.3. The van der Waals surface area contributed by atoms with Gasteiger partial charge in [-0.05, 0) is 32.9 Å². The molecule has 0 atom stereocenters. The van der Waals surface area contributed by atoms with Gasteiger partial charge in [-0.2, -0.15) is 0 Å². The summed E-state index contributed by atoms with van der Waals surface area (Å²) in [5, 5.41) is 0. The Morgan fingerprint density at radius 3 is 1.68 bits per heavy atom. The number of hydrogen-bond acceptors (Lipinski definition) is 6. The first-order valence-corrected chi connectivity index (χ1v) is 7.06. The monoisotopic (exact) mass is 314 g/mol. The number of methoxy groups -OCH3 is 3. The molecule has 1 rings (SSSR count). The van der Waals surface area contributed by atoms with E-state index in [1.54, 1.807) is 12.1 Å². The highest BCUT2D eigenvalue weighted by Gasteiger charge is 2.12. The van der Waals surface area contributed by atoms with E-state index in [2.05, 4.69) is 0 Å². The highest BCUT2D eigenvalue weighted by atomic mass is 16.7. The standard InChI is InChI=1S/C10H12O4.C6H14O2/c1-12-8-4-7(6-11)5-9(13-2)10(8)14-3;1-4-7-6(3)8-5-2/h4-6H,1-3H3;6H,4-5H2,1-3H3. The summed E-state index contributed by atoms with van der Waals surface area (Å²) in [6.45, 7) is 7.25. The van der Waals surface area contributed by atoms with Gasteiger partial charge in [0, 0.05) is 18.8 Å². The zero-order valence-corrected chi connectivity index (χ0v) is 14.2. The second-order valence-corrected chi connectivity index (χ2v) is 4.05. The predicted octanol–water partition coefficient (Wildman–Crippen LogP) is 2.93. The van der Waals surface area contributed by atoms with Crippen molar-refractivity contribution in [1.82, 2.24) is 0 Å². The molecule has 6 heteroatoms. The lowest BCUT2D eigenvalue weighted by molar-refractivity contribution is -0.123. The summed E-state index contributed by atoms with van der Waals surface area (Å²) in [6, 6.07) is 3.18. The van der Waals surface area contributed by atoms with Crippen LogP contribution in [0.25, 0.3) is 0 Å². The molecule has 0 heterocycles. The van der Waals surface area contributed by atoms with Crippen molar-refractivity contribution in [3.05, 3.63) is 17.7 Å². The fraction of sp³-hybridized carbons (Fsp3) is 0.562. The van der Waals surface area contributed by atoms with Crippen LogP contribution in [0.2, 0.25) is 0 Å². The Labute approximate surface area is 132 Å². The number of carbonyl (C=O) groups excluding carboxylic acids is 1. The summed E-state index contributed by atoms with van der Waals surface area (Å²) in [5.41, 5.74) is 0.486. The average molecular weight is 314 g/mol. The predicted molar refractivity (Wildman–Crippen MR) is 84.2 cm³/mol. The third-order valence-electron chi connectivity index (χ3n) is 2.63. The minimum atomic E-state index is -0.0370. The first-order chi connectivity index (χ1) is 10.6. The fourth-order valence-electron chi connectivity index (χ4n) is 1.69. The third-order valence-corrected chi connectivity index (χ3v) is 2.63. The summed E-state index contributed by atoms with van der Waals surface area (Å²) in [4.78, 5) is 10.6. The average Bonchev–Trinajstić information content (AvgIpc) is 2.54. The smallest absolute Gasteiger partial charge is 0.203 e. The molecular formula is C16H26O6. The number of carbonyl (C=O) groups is 1. The molecule has 1 aromatic carbocycles. The lowest BCUT2D eigenvalue weighted by Gasteiger charge is -2.11. The minimum Gasteiger partial charge on any atom is -0.493 e. The molecule has 0 fully saturated rings. The maximum Gasteiger partial charge on any atom is 0.203 e. The zero-order valence-electron chi connectivity index (χ0n) is 14.2. The Bertz CT molecular complexity index is 402. The molecular weight excluding hydrogens is 288 g/mol. The van der Waals surface area contributed by atoms with Crippen LogP contribution in [0, 0.1) is 0 Å². The second kappa shape index (κ2) is 11.8. The van der Waals surface area contributed by atoms with Crippen LogP contribution in [-0.4, -0.2) is 47.1 Å². The van der Waals surface area contributed by atoms with E-state index >= 15 is 0 Å². The van der Waals surface area contributed by atoms with Crippen molar-refractivity contribution in [3.63, 3.8) is 0 Å². The number of aldehydes is 1. The Hall–Kier alpha value is -1.79. The second-order valence-electron chi connectivity index (χ2n) is 4.05. The van der Waals surface area contributed by atoms with Gasteiger partial charge in [-0.25, -0.2) is 0 Å². The van der Waals surface area contributed by atoms with Gasteiger partial charge in [0.2, 0.25) is 5.75 Å². The molecule has 6 nitrogen and oxygen atoms in total. The maximum absolute atomic E-state index is 10.6. The molecule has 0 unspecified atom stereocenters. The van der Waals surface area contributed by atoms with E-state index in [9.17, 15) is 4.79 Å². The number of ether oxygens (including phenoxy) is 5. The van der Waals surface area contributed by atoms with E-state index in [0.717, 1.165) is 19.5 Å². The molecule has 0 bridgehead atoms. The van der Waals surface area contributed by atoms with Crippen molar-refractivity contribution < 1.29 is 28.5 Å². The third kappa shape index (κ3) is 6.78. The summed E-state index contributed by atoms with van der Waals surface area (Å²) in [7, 11) is 4.53. The molecule has 126 valence electrons. The first kappa shape index (κ1) is 20.2. The van der Waals surface area contributed by atoms with E-state index in [1.165, 1.54) is 21.3 Å². The van der Waals surface area contributed by atoms with Crippen LogP contribution in [-0.2, 0) is 9.47 Å². The quantitative estimate of drug-likeness (QED) is 0.543. The molecule has 0 N–H and O–H groups in total. The number of rotatable bonds is 8. The van der Waals surface area contributed by atoms with Gasteiger partial charge < -0.3 is 23.7 Å². The van der Waals surface area contributed by atoms with E-state index in [0.29, 0.717) is 22.8 Å². The van der Waals surface area contributed by atoms with Crippen LogP contribution < -0.4 is 14.2 Å². The van der Waals surface area contributed by atoms with E-state index in [1.807, 2.05) is 20.8 Å². The van der Waals surface area contributed by atoms with Crippen LogP contribution in [0.3, 0.4) is 0 Å². The van der Waals surface area contributed by atoms with Crippen molar-refractivity contribution in [2.75, 3.05) is 34.5 Å². The number of hydrogen-bond donors (Lipinski definition) is 0. The van der Waals surface area contributed by atoms with Crippen molar-refractivity contribution in [1.29, 1.82) is 0 Å². The molecule has 0 aliphatic carbocycles. The number of benzene rings is 1. The molecule has 0 spiro atoms. The van der Waals surface area contributed by atoms with Gasteiger partial charge in [-0.15, -0.1) is 0 Å². The SMILES string of the molecule is CCOC(C)OCC.COc1cc(C=O)cc(OC)c1OC. The van der Waals surface area contributed by atoms with Crippen LogP contribution in [0.15, 0.2) is 12.1 Å². The molecule has 0 aliphatic heterocycles. The largest absolute Gasteiger partial charge is 0.493 e. The van der Waals surface area contributed by atoms with E-state index < -0.39 is 0 Å². The Morgan fingerprint density at radius 1 is 0.955 bits per heavy atom. The van der Waals surface area contributed by atoms with Gasteiger partial charge >= 0.3 is 0 Å². The molecule has 0 radical (unpaired) electrons. The minimum absolute atomic E-state index is 0.0370. The Kier molecular flexibility index (Phi) is 10.9. The molecule has 0 aliphatic rings. The molecule has 0 saturated heterocycles. The maximum atomic E-state index is 10.6. The van der Waals surface area contributed by atoms with Gasteiger partial charge in [0.1, 0.15) is 6.29 Å². The highest BCUT2D eigenvalue weighted by Crippen LogP contribution is 2.37. The highest BCUT2D eigenvalue weighted by molar-refractivity contribution is 5.78. The molecule has 0 amide bonds. The Balaban J connectivity index is 0.000000472. The van der Waals surface area contributed by atoms with Crippen LogP contribution in [0.1, 0.15) is 31.1 Å². The molecule has 22 heavy (non-hydrogen) atoms. The van der Waals surface area contributed by atoms with Crippen molar-refractivity contribution in [2.45, 2.75) is 27.1 Å². The molecule has 0 aromatic heterocycles. The topological polar surface area (TPSA) is 63.2 Å². The zero-order chi connectivity index (χ0) is 17.0. The lowest BCUT2D eigenvalue weighted by atomic mass is 10.2. The normalized spacial score (nSPS) is 9.77. The van der Waals surface area contributed by atoms with Gasteiger partial charge in [0.15, 0.2) is 17.8 Å². The van der Waals surface area contributed by atoms with Crippen LogP contribution >= 0.6 is 0 Å². The van der Waals surface area contributed by atoms with Gasteiger partial charge in [0.25, 0.3) is 0 Å². The summed E-state index contributed by atoms with van der Waals surface area (Å²) in [6.07, 6.45) is 0.690. The lowest BCUT2D eigenvalue weighted by Crippen LogP contribution is -2.11. The first-order valence-electron chi connectivity index (χ1n) is 7.06. The van der Waals surface area contributed by atoms with Crippen LogP contribution in [0.4, 0.5) is 0 Å². The van der Waals surface area contributed by atoms with Gasteiger partial charge in [-0.3, -0.25) is 4.79 Å². The van der Waals surface area contributed by atoms with Crippen molar-refractivity contribution in [2.24, 2.45) is 0 Å². The summed E-state index contributed by atoms with van der Waals surface area (Å²) in [5.74, 6) is 1.45. The Morgan fingerprint density at radius 2 is 1.41 bits per heavy atom. The van der Waals surface area contributed by atoms with Crippen LogP contribution in [0.5, 0.6) is 17.2 Å². The van der Waals surface area contributed by atoms with Gasteiger partial charge in [0.05, 0.1) is 21.3 Å². The summed E-state index contributed by atoms with van der Waals surface area (Å²) >= 11 is 0. The van der Waals surface area contributed by atoms with E-state index in [-0.39, 0.29) is 6.29 Å². The van der Waals surface area contributed by atoms with Crippen molar-refractivity contribution >= 4 is 6.29 Å². The van der Waals surface area contributed by atoms with Gasteiger partial charge in [-0.1, -0.05) is 0 Å². The molecule has 0 saturated carbocycles. The fourth-order valence-corrected chi connectivity index (χ4v) is 1.69.